The van der Waals surface area contributed by atoms with Gasteiger partial charge in [-0.15, -0.1) is 24.8 Å². The topological polar surface area (TPSA) is 80.0 Å². The molecule has 2 rings (SSSR count). The average Bonchev–Trinajstić information content (AvgIpc) is 2.39. The molecule has 5 nitrogen and oxygen atoms in total. The smallest absolute Gasteiger partial charge is 0.223 e. The van der Waals surface area contributed by atoms with E-state index in [9.17, 15) is 0 Å². The van der Waals surface area contributed by atoms with Crippen molar-refractivity contribution in [3.05, 3.63) is 29.3 Å². The number of halogens is 3. The molecule has 8 heteroatoms. The summed E-state index contributed by atoms with van der Waals surface area (Å²) in [6, 6.07) is 7.13. The second-order valence-corrected chi connectivity index (χ2v) is 4.90. The summed E-state index contributed by atoms with van der Waals surface area (Å²) in [5.74, 6) is 0.577. The van der Waals surface area contributed by atoms with E-state index in [1.807, 2.05) is 17.0 Å². The summed E-state index contributed by atoms with van der Waals surface area (Å²) in [7, 11) is 0. The number of hydrogen-bond acceptors (Lipinski definition) is 1. The lowest BCUT2D eigenvalue weighted by Crippen LogP contribution is -2.41. The van der Waals surface area contributed by atoms with Crippen molar-refractivity contribution >= 4 is 54.0 Å². The maximum absolute atomic E-state index is 5.92. The fourth-order valence-corrected chi connectivity index (χ4v) is 2.20. The van der Waals surface area contributed by atoms with Crippen LogP contribution in [0.3, 0.4) is 0 Å². The van der Waals surface area contributed by atoms with E-state index in [1.165, 1.54) is 6.42 Å². The molecule has 1 aromatic rings. The number of benzene rings is 1. The number of rotatable bonds is 1. The maximum atomic E-state index is 5.92. The largest absolute Gasteiger partial charge is 0.369 e. The molecule has 0 unspecified atom stereocenters. The predicted octanol–water partition coefficient (Wildman–Crippen LogP) is 2.93. The lowest BCUT2D eigenvalue weighted by atomic mass is 10.1. The van der Waals surface area contributed by atoms with Crippen molar-refractivity contribution in [1.29, 1.82) is 0 Å². The van der Waals surface area contributed by atoms with Crippen LogP contribution in [0.15, 0.2) is 34.3 Å². The first kappa shape index (κ1) is 19.8. The minimum absolute atomic E-state index is 0. The van der Waals surface area contributed by atoms with Crippen molar-refractivity contribution in [2.24, 2.45) is 21.5 Å². The molecule has 1 aliphatic heterocycles. The molecule has 118 valence electrons. The molecule has 0 amide bonds. The summed E-state index contributed by atoms with van der Waals surface area (Å²) >= 11 is 5.88. The first-order chi connectivity index (χ1) is 9.15. The summed E-state index contributed by atoms with van der Waals surface area (Å²) in [5.41, 5.74) is 12.4. The van der Waals surface area contributed by atoms with Gasteiger partial charge in [0.25, 0.3) is 0 Å². The molecule has 1 heterocycles. The van der Waals surface area contributed by atoms with E-state index < -0.39 is 0 Å². The minimum Gasteiger partial charge on any atom is -0.369 e. The zero-order valence-corrected chi connectivity index (χ0v) is 13.9. The van der Waals surface area contributed by atoms with Gasteiger partial charge in [0.2, 0.25) is 5.96 Å². The van der Waals surface area contributed by atoms with Gasteiger partial charge in [-0.1, -0.05) is 17.7 Å². The van der Waals surface area contributed by atoms with Crippen LogP contribution in [-0.2, 0) is 0 Å². The van der Waals surface area contributed by atoms with Gasteiger partial charge in [0.15, 0.2) is 5.96 Å². The summed E-state index contributed by atoms with van der Waals surface area (Å²) in [6.07, 6.45) is 3.53. The van der Waals surface area contributed by atoms with Crippen LogP contribution in [0.2, 0.25) is 5.02 Å². The highest BCUT2D eigenvalue weighted by molar-refractivity contribution is 6.30. The molecule has 1 fully saturated rings. The normalized spacial score (nSPS) is 16.0. The highest BCUT2D eigenvalue weighted by Gasteiger charge is 2.12. The Balaban J connectivity index is 0.00000200. The van der Waals surface area contributed by atoms with Gasteiger partial charge in [0, 0.05) is 18.1 Å². The molecule has 0 aliphatic carbocycles. The number of piperidine rings is 1. The van der Waals surface area contributed by atoms with Crippen molar-refractivity contribution in [1.82, 2.24) is 4.90 Å². The number of nitrogens with two attached hydrogens (primary N) is 2. The van der Waals surface area contributed by atoms with Gasteiger partial charge in [-0.25, -0.2) is 4.99 Å². The molecular weight excluding hydrogens is 333 g/mol. The molecule has 0 bridgehead atoms. The maximum Gasteiger partial charge on any atom is 0.223 e. The van der Waals surface area contributed by atoms with Crippen molar-refractivity contribution in [2.75, 3.05) is 13.1 Å². The third-order valence-electron chi connectivity index (χ3n) is 2.96. The quantitative estimate of drug-likeness (QED) is 0.602. The van der Waals surface area contributed by atoms with Crippen LogP contribution >= 0.6 is 36.4 Å². The molecule has 0 atom stereocenters. The molecule has 0 radical (unpaired) electrons. The van der Waals surface area contributed by atoms with E-state index in [-0.39, 0.29) is 30.8 Å². The Bertz CT molecular complexity index is 498. The van der Waals surface area contributed by atoms with Gasteiger partial charge in [-0.2, -0.15) is 4.99 Å². The molecule has 4 N–H and O–H groups in total. The Labute approximate surface area is 142 Å². The third kappa shape index (κ3) is 6.42. The zero-order chi connectivity index (χ0) is 13.7. The van der Waals surface area contributed by atoms with Gasteiger partial charge in [0.05, 0.1) is 5.69 Å². The molecule has 1 saturated heterocycles. The van der Waals surface area contributed by atoms with Crippen LogP contribution < -0.4 is 11.5 Å². The summed E-state index contributed by atoms with van der Waals surface area (Å²) in [4.78, 5) is 10.3. The van der Waals surface area contributed by atoms with Crippen molar-refractivity contribution < 1.29 is 0 Å². The first-order valence-corrected chi connectivity index (χ1v) is 6.72. The highest BCUT2D eigenvalue weighted by atomic mass is 35.5. The van der Waals surface area contributed by atoms with Crippen LogP contribution in [-0.4, -0.2) is 29.9 Å². The number of aliphatic imine (C=N–C) groups is 2. The fraction of sp³-hybridized carbons (Fsp3) is 0.385. The van der Waals surface area contributed by atoms with Gasteiger partial charge < -0.3 is 16.4 Å². The molecule has 0 aromatic heterocycles. The van der Waals surface area contributed by atoms with Crippen LogP contribution in [0.4, 0.5) is 5.69 Å². The van der Waals surface area contributed by atoms with E-state index >= 15 is 0 Å². The van der Waals surface area contributed by atoms with Gasteiger partial charge in [0.1, 0.15) is 0 Å². The third-order valence-corrected chi connectivity index (χ3v) is 3.20. The number of guanidine groups is 2. The molecule has 0 saturated carbocycles. The standard InChI is InChI=1S/C13H18ClN5.2ClH/c14-10-5-4-6-11(9-10)17-12(15)18-13(16)19-7-2-1-3-8-19;;/h4-6,9H,1-3,7-8H2,(H4,15,16,17,18);2*1H. The fourth-order valence-electron chi connectivity index (χ4n) is 2.01. The Morgan fingerprint density at radius 1 is 1.10 bits per heavy atom. The SMILES string of the molecule is Cl.Cl.NC(=Nc1cccc(Cl)c1)/N=C(/N)N1CCCCC1. The van der Waals surface area contributed by atoms with Gasteiger partial charge >= 0.3 is 0 Å². The van der Waals surface area contributed by atoms with Crippen LogP contribution in [0, 0.1) is 0 Å². The Kier molecular flexibility index (Phi) is 9.17. The molecule has 21 heavy (non-hydrogen) atoms. The number of nitrogens with zero attached hydrogens (tertiary/aromatic N) is 3. The monoisotopic (exact) mass is 351 g/mol. The zero-order valence-electron chi connectivity index (χ0n) is 11.5. The molecular formula is C13H20Cl3N5. The van der Waals surface area contributed by atoms with E-state index in [2.05, 4.69) is 9.98 Å². The second-order valence-electron chi connectivity index (χ2n) is 4.47. The van der Waals surface area contributed by atoms with E-state index in [0.717, 1.165) is 25.9 Å². The molecule has 1 aliphatic rings. The Hall–Kier alpha value is -1.17. The van der Waals surface area contributed by atoms with Gasteiger partial charge in [-0.3, -0.25) is 0 Å². The predicted molar refractivity (Wildman–Crippen MR) is 94.3 cm³/mol. The molecule has 0 spiro atoms. The lowest BCUT2D eigenvalue weighted by molar-refractivity contribution is 0.339. The Morgan fingerprint density at radius 3 is 2.38 bits per heavy atom. The lowest BCUT2D eigenvalue weighted by Gasteiger charge is -2.27. The minimum atomic E-state index is 0. The summed E-state index contributed by atoms with van der Waals surface area (Å²) in [5, 5.41) is 0.613. The second kappa shape index (κ2) is 9.71. The van der Waals surface area contributed by atoms with E-state index in [0.29, 0.717) is 16.7 Å². The highest BCUT2D eigenvalue weighted by Crippen LogP contribution is 2.17. The number of likely N-dealkylation sites (tertiary alicyclic amines) is 1. The summed E-state index contributed by atoms with van der Waals surface area (Å²) in [6.45, 7) is 1.86. The summed E-state index contributed by atoms with van der Waals surface area (Å²) < 4.78 is 0. The van der Waals surface area contributed by atoms with Crippen molar-refractivity contribution in [3.8, 4) is 0 Å². The first-order valence-electron chi connectivity index (χ1n) is 6.34. The van der Waals surface area contributed by atoms with E-state index in [4.69, 9.17) is 23.1 Å². The molecule has 1 aromatic carbocycles. The van der Waals surface area contributed by atoms with Crippen LogP contribution in [0.25, 0.3) is 0 Å². The average molecular weight is 353 g/mol. The van der Waals surface area contributed by atoms with Crippen LogP contribution in [0.1, 0.15) is 19.3 Å². The number of hydrogen-bond donors (Lipinski definition) is 2. The van der Waals surface area contributed by atoms with Crippen molar-refractivity contribution in [3.63, 3.8) is 0 Å². The van der Waals surface area contributed by atoms with E-state index in [1.54, 1.807) is 12.1 Å². The van der Waals surface area contributed by atoms with Crippen LogP contribution in [0.5, 0.6) is 0 Å². The van der Waals surface area contributed by atoms with Crippen molar-refractivity contribution in [2.45, 2.75) is 19.3 Å². The Morgan fingerprint density at radius 2 is 1.76 bits per heavy atom. The van der Waals surface area contributed by atoms with Gasteiger partial charge in [-0.05, 0) is 37.5 Å².